The van der Waals surface area contributed by atoms with Crippen LogP contribution in [0.3, 0.4) is 0 Å². The largest absolute Gasteiger partial charge is 0.292 e. The second-order valence-corrected chi connectivity index (χ2v) is 9.70. The van der Waals surface area contributed by atoms with Crippen molar-refractivity contribution < 1.29 is 0 Å². The van der Waals surface area contributed by atoms with Crippen LogP contribution in [0.15, 0.2) is 134 Å². The predicted molar refractivity (Wildman–Crippen MR) is 160 cm³/mol. The van der Waals surface area contributed by atoms with E-state index in [4.69, 9.17) is 9.97 Å². The molecule has 0 N–H and O–H groups in total. The van der Waals surface area contributed by atoms with Crippen LogP contribution in [-0.4, -0.2) is 19.5 Å². The van der Waals surface area contributed by atoms with Crippen molar-refractivity contribution in [2.45, 2.75) is 0 Å². The van der Waals surface area contributed by atoms with Crippen molar-refractivity contribution in [2.75, 3.05) is 0 Å². The van der Waals surface area contributed by atoms with Crippen LogP contribution in [0.5, 0.6) is 0 Å². The smallest absolute Gasteiger partial charge is 0.138 e. The minimum absolute atomic E-state index is 0.828. The monoisotopic (exact) mass is 498 g/mol. The number of hydrogen-bond donors (Lipinski definition) is 0. The van der Waals surface area contributed by atoms with Gasteiger partial charge in [-0.05, 0) is 70.1 Å². The van der Waals surface area contributed by atoms with Gasteiger partial charge in [-0.3, -0.25) is 9.55 Å². The Morgan fingerprint density at radius 1 is 0.462 bits per heavy atom. The van der Waals surface area contributed by atoms with Crippen LogP contribution in [0.2, 0.25) is 0 Å². The molecule has 0 unspecified atom stereocenters. The number of aromatic nitrogens is 4. The number of rotatable bonds is 3. The molecule has 0 fully saturated rings. The molecule has 0 bridgehead atoms. The number of pyridine rings is 3. The molecule has 4 heteroatoms. The molecule has 0 aliphatic heterocycles. The number of fused-ring (bicyclic) bond motifs is 6. The van der Waals surface area contributed by atoms with Crippen molar-refractivity contribution in [3.8, 4) is 28.5 Å². The summed E-state index contributed by atoms with van der Waals surface area (Å²) in [5.41, 5.74) is 6.81. The van der Waals surface area contributed by atoms with Crippen LogP contribution in [0.1, 0.15) is 0 Å². The summed E-state index contributed by atoms with van der Waals surface area (Å²) >= 11 is 0. The molecule has 182 valence electrons. The van der Waals surface area contributed by atoms with Gasteiger partial charge in [-0.1, -0.05) is 78.9 Å². The second kappa shape index (κ2) is 8.61. The van der Waals surface area contributed by atoms with E-state index < -0.39 is 0 Å². The van der Waals surface area contributed by atoms with Crippen molar-refractivity contribution in [3.63, 3.8) is 0 Å². The van der Waals surface area contributed by atoms with Crippen LogP contribution in [0.4, 0.5) is 0 Å². The van der Waals surface area contributed by atoms with Crippen LogP contribution < -0.4 is 0 Å². The molecule has 4 aromatic carbocycles. The minimum atomic E-state index is 0.828. The Hall–Kier alpha value is -5.35. The molecule has 0 aliphatic rings. The molecule has 8 rings (SSSR count). The normalized spacial score (nSPS) is 11.6. The molecule has 4 aromatic heterocycles. The van der Waals surface area contributed by atoms with Crippen LogP contribution in [0.25, 0.3) is 71.9 Å². The number of hydrogen-bond acceptors (Lipinski definition) is 3. The molecular formula is C35H22N4. The molecule has 39 heavy (non-hydrogen) atoms. The number of benzene rings is 4. The van der Waals surface area contributed by atoms with Gasteiger partial charge in [-0.15, -0.1) is 0 Å². The van der Waals surface area contributed by atoms with Gasteiger partial charge in [0.2, 0.25) is 0 Å². The van der Waals surface area contributed by atoms with E-state index in [0.717, 1.165) is 50.4 Å². The van der Waals surface area contributed by atoms with Gasteiger partial charge in [0, 0.05) is 17.1 Å². The topological polar surface area (TPSA) is 43.6 Å². The first kappa shape index (κ1) is 21.7. The molecule has 0 saturated carbocycles. The SMILES string of the molecule is c1cc(-c2cccc(-n3c4ccccc4c4ncccc43)n2)nc(-c2cc3ccccc3c3ccccc23)c1. The Kier molecular flexibility index (Phi) is 4.79. The first-order valence-corrected chi connectivity index (χ1v) is 13.0. The fourth-order valence-corrected chi connectivity index (χ4v) is 5.71. The number of nitrogens with zero attached hydrogens (tertiary/aromatic N) is 4. The van der Waals surface area contributed by atoms with E-state index in [1.165, 1.54) is 21.5 Å². The molecule has 0 saturated heterocycles. The quantitative estimate of drug-likeness (QED) is 0.229. The third-order valence-electron chi connectivity index (χ3n) is 7.45. The molecule has 0 spiro atoms. The van der Waals surface area contributed by atoms with E-state index in [-0.39, 0.29) is 0 Å². The third kappa shape index (κ3) is 3.42. The zero-order valence-electron chi connectivity index (χ0n) is 21.0. The van der Waals surface area contributed by atoms with E-state index in [9.17, 15) is 0 Å². The summed E-state index contributed by atoms with van der Waals surface area (Å²) in [5, 5.41) is 6.00. The van der Waals surface area contributed by atoms with Gasteiger partial charge in [0.05, 0.1) is 33.6 Å². The fraction of sp³-hybridized carbons (Fsp3) is 0. The highest BCUT2D eigenvalue weighted by molar-refractivity contribution is 6.13. The van der Waals surface area contributed by atoms with Crippen molar-refractivity contribution >= 4 is 43.5 Å². The summed E-state index contributed by atoms with van der Waals surface area (Å²) in [4.78, 5) is 14.9. The fourth-order valence-electron chi connectivity index (χ4n) is 5.71. The van der Waals surface area contributed by atoms with Gasteiger partial charge < -0.3 is 0 Å². The first-order valence-electron chi connectivity index (χ1n) is 13.0. The Labute approximate surface area is 224 Å². The van der Waals surface area contributed by atoms with Crippen LogP contribution in [-0.2, 0) is 0 Å². The van der Waals surface area contributed by atoms with Gasteiger partial charge in [-0.25, -0.2) is 9.97 Å². The molecule has 0 atom stereocenters. The highest BCUT2D eigenvalue weighted by atomic mass is 15.1. The highest BCUT2D eigenvalue weighted by Crippen LogP contribution is 2.35. The lowest BCUT2D eigenvalue weighted by atomic mass is 9.95. The molecule has 0 amide bonds. The van der Waals surface area contributed by atoms with Gasteiger partial charge in [0.15, 0.2) is 0 Å². The van der Waals surface area contributed by atoms with Crippen LogP contribution in [0, 0.1) is 0 Å². The summed E-state index contributed by atoms with van der Waals surface area (Å²) < 4.78 is 2.18. The van der Waals surface area contributed by atoms with E-state index in [1.807, 2.05) is 30.5 Å². The molecule has 8 aromatic rings. The van der Waals surface area contributed by atoms with Crippen molar-refractivity contribution in [1.29, 1.82) is 0 Å². The molecule has 4 nitrogen and oxygen atoms in total. The maximum absolute atomic E-state index is 5.13. The van der Waals surface area contributed by atoms with Gasteiger partial charge in [0.1, 0.15) is 5.82 Å². The summed E-state index contributed by atoms with van der Waals surface area (Å²) in [6.45, 7) is 0. The second-order valence-electron chi connectivity index (χ2n) is 9.70. The van der Waals surface area contributed by atoms with Crippen molar-refractivity contribution in [3.05, 3.63) is 134 Å². The van der Waals surface area contributed by atoms with Gasteiger partial charge >= 0.3 is 0 Å². The molecule has 4 heterocycles. The average Bonchev–Trinajstić information content (AvgIpc) is 3.35. The zero-order chi connectivity index (χ0) is 25.8. The molecule has 0 radical (unpaired) electrons. The maximum atomic E-state index is 5.13. The lowest BCUT2D eigenvalue weighted by Gasteiger charge is -2.12. The van der Waals surface area contributed by atoms with E-state index in [2.05, 4.69) is 113 Å². The molecular weight excluding hydrogens is 476 g/mol. The van der Waals surface area contributed by atoms with E-state index >= 15 is 0 Å². The zero-order valence-corrected chi connectivity index (χ0v) is 21.0. The Morgan fingerprint density at radius 2 is 1.13 bits per heavy atom. The Balaban J connectivity index is 1.30. The maximum Gasteiger partial charge on any atom is 0.138 e. The summed E-state index contributed by atoms with van der Waals surface area (Å²) in [5.74, 6) is 0.843. The van der Waals surface area contributed by atoms with E-state index in [1.54, 1.807) is 0 Å². The summed E-state index contributed by atoms with van der Waals surface area (Å²) in [6.07, 6.45) is 1.84. The van der Waals surface area contributed by atoms with Crippen LogP contribution >= 0.6 is 0 Å². The van der Waals surface area contributed by atoms with Crippen molar-refractivity contribution in [2.24, 2.45) is 0 Å². The Bertz CT molecular complexity index is 2140. The minimum Gasteiger partial charge on any atom is -0.292 e. The van der Waals surface area contributed by atoms with Gasteiger partial charge in [0.25, 0.3) is 0 Å². The van der Waals surface area contributed by atoms with Gasteiger partial charge in [-0.2, -0.15) is 0 Å². The highest BCUT2D eigenvalue weighted by Gasteiger charge is 2.15. The molecule has 0 aliphatic carbocycles. The third-order valence-corrected chi connectivity index (χ3v) is 7.45. The standard InChI is InChI=1S/C35H22N4/c1-2-11-24-23(10-1)22-28(26-13-4-3-12-25(24)26)29-15-7-16-30(37-29)31-17-8-20-34(38-31)39-32-18-6-5-14-27(32)35-33(39)19-9-21-36-35/h1-22H. The van der Waals surface area contributed by atoms with Crippen molar-refractivity contribution in [1.82, 2.24) is 19.5 Å². The predicted octanol–water partition coefficient (Wildman–Crippen LogP) is 8.61. The first-order chi connectivity index (χ1) is 19.3. The lowest BCUT2D eigenvalue weighted by Crippen LogP contribution is -1.99. The lowest BCUT2D eigenvalue weighted by molar-refractivity contribution is 1.08. The average molecular weight is 499 g/mol. The summed E-state index contributed by atoms with van der Waals surface area (Å²) in [7, 11) is 0. The summed E-state index contributed by atoms with van der Waals surface area (Å²) in [6, 6.07) is 44.1. The van der Waals surface area contributed by atoms with E-state index in [0.29, 0.717) is 0 Å². The Morgan fingerprint density at radius 3 is 2.03 bits per heavy atom. The number of para-hydroxylation sites is 1.